The summed E-state index contributed by atoms with van der Waals surface area (Å²) in [5.74, 6) is 0.482. The van der Waals surface area contributed by atoms with Crippen LogP contribution in [0.25, 0.3) is 0 Å². The van der Waals surface area contributed by atoms with Crippen LogP contribution >= 0.6 is 11.3 Å². The van der Waals surface area contributed by atoms with Gasteiger partial charge in [0.15, 0.2) is 5.78 Å². The molecule has 3 fully saturated rings. The van der Waals surface area contributed by atoms with E-state index in [1.165, 1.54) is 6.08 Å². The van der Waals surface area contributed by atoms with Gasteiger partial charge in [-0.05, 0) is 71.1 Å². The van der Waals surface area contributed by atoms with Gasteiger partial charge in [-0.15, -0.1) is 11.3 Å². The number of carbonyl (C=O) groups excluding carboxylic acids is 3. The van der Waals surface area contributed by atoms with Crippen molar-refractivity contribution < 1.29 is 14.4 Å². The van der Waals surface area contributed by atoms with E-state index in [2.05, 4.69) is 21.4 Å². The molecule has 3 aromatic heterocycles. The van der Waals surface area contributed by atoms with Crippen LogP contribution in [0.2, 0.25) is 0 Å². The molecule has 2 saturated heterocycles. The lowest BCUT2D eigenvalue weighted by Crippen LogP contribution is -2.51. The number of carbonyl (C=O) groups is 3. The second kappa shape index (κ2) is 11.7. The summed E-state index contributed by atoms with van der Waals surface area (Å²) < 4.78 is 0. The SMILES string of the molecule is N#Cc1ccc(C(=O)/C=C2\NC(Cc3ccncc3)(Cc3ccncc3)C(=O)N2C2[C@H]3CN(C(=O)Cc4cccs4)C[C@@H]23)cc1. The van der Waals surface area contributed by atoms with Gasteiger partial charge >= 0.3 is 0 Å². The second-order valence-electron chi connectivity index (χ2n) is 11.9. The first kappa shape index (κ1) is 28.6. The van der Waals surface area contributed by atoms with Crippen LogP contribution in [0.5, 0.6) is 0 Å². The third-order valence-electron chi connectivity index (χ3n) is 9.04. The Balaban J connectivity index is 1.21. The Morgan fingerprint density at radius 1 is 0.956 bits per heavy atom. The number of thiophene rings is 1. The first-order valence-electron chi connectivity index (χ1n) is 14.9. The maximum Gasteiger partial charge on any atom is 0.254 e. The molecule has 2 aliphatic heterocycles. The van der Waals surface area contributed by atoms with E-state index in [1.807, 2.05) is 46.7 Å². The van der Waals surface area contributed by atoms with Crippen LogP contribution in [-0.2, 0) is 28.9 Å². The Morgan fingerprint density at radius 2 is 1.58 bits per heavy atom. The number of nitrogens with zero attached hydrogens (tertiary/aromatic N) is 5. The van der Waals surface area contributed by atoms with Crippen LogP contribution in [0.3, 0.4) is 0 Å². The smallest absolute Gasteiger partial charge is 0.254 e. The highest BCUT2D eigenvalue weighted by atomic mass is 32.1. The zero-order valence-corrected chi connectivity index (χ0v) is 25.2. The van der Waals surface area contributed by atoms with Gasteiger partial charge in [0.1, 0.15) is 11.4 Å². The summed E-state index contributed by atoms with van der Waals surface area (Å²) in [5.41, 5.74) is 1.73. The number of rotatable bonds is 9. The summed E-state index contributed by atoms with van der Waals surface area (Å²) in [6.07, 6.45) is 9.53. The van der Waals surface area contributed by atoms with Gasteiger partial charge in [-0.25, -0.2) is 0 Å². The summed E-state index contributed by atoms with van der Waals surface area (Å²) in [6.45, 7) is 1.17. The normalized spacial score (nSPS) is 22.2. The maximum atomic E-state index is 14.8. The van der Waals surface area contributed by atoms with E-state index in [0.717, 1.165) is 16.0 Å². The van der Waals surface area contributed by atoms with Crippen molar-refractivity contribution in [3.63, 3.8) is 0 Å². The van der Waals surface area contributed by atoms with Gasteiger partial charge in [0.25, 0.3) is 5.91 Å². The van der Waals surface area contributed by atoms with Crippen LogP contribution in [-0.4, -0.2) is 62.0 Å². The highest BCUT2D eigenvalue weighted by Gasteiger charge is 2.64. The Bertz CT molecular complexity index is 1750. The van der Waals surface area contributed by atoms with Crippen LogP contribution < -0.4 is 5.32 Å². The fourth-order valence-corrected chi connectivity index (χ4v) is 7.47. The van der Waals surface area contributed by atoms with Crippen molar-refractivity contribution in [1.29, 1.82) is 5.26 Å². The van der Waals surface area contributed by atoms with Gasteiger partial charge in [0.05, 0.1) is 18.1 Å². The predicted molar refractivity (Wildman–Crippen MR) is 168 cm³/mol. The molecule has 1 unspecified atom stereocenters. The van der Waals surface area contributed by atoms with Crippen LogP contribution in [0, 0.1) is 23.2 Å². The third-order valence-corrected chi connectivity index (χ3v) is 9.91. The summed E-state index contributed by atoms with van der Waals surface area (Å²) in [6, 6.07) is 20.0. The minimum absolute atomic E-state index is 0.0918. The predicted octanol–water partition coefficient (Wildman–Crippen LogP) is 3.79. The van der Waals surface area contributed by atoms with E-state index in [4.69, 9.17) is 0 Å². The quantitative estimate of drug-likeness (QED) is 0.225. The molecule has 10 heteroatoms. The molecule has 1 N–H and O–H groups in total. The molecular formula is C35H30N6O3S. The van der Waals surface area contributed by atoms with E-state index in [9.17, 15) is 19.6 Å². The molecule has 9 nitrogen and oxygen atoms in total. The fourth-order valence-electron chi connectivity index (χ4n) is 6.77. The lowest BCUT2D eigenvalue weighted by molar-refractivity contribution is -0.133. The molecule has 45 heavy (non-hydrogen) atoms. The standard InChI is InChI=1S/C35H30N6O3S/c36-20-25-3-5-26(6-4-25)30(42)17-31-39-35(18-23-7-11-37-12-8-23,19-24-9-13-38-14-10-24)34(44)41(31)33-28-21-40(22-29(28)33)32(43)16-27-2-1-15-45-27/h1-15,17,28-29,33,39H,16,18-19,21-22H2/b31-17+/t28-,29+,33?. The molecular weight excluding hydrogens is 584 g/mol. The van der Waals surface area contributed by atoms with Gasteiger partial charge in [-0.1, -0.05) is 6.07 Å². The van der Waals surface area contributed by atoms with Crippen LogP contribution in [0.1, 0.15) is 31.9 Å². The van der Waals surface area contributed by atoms with Crippen molar-refractivity contribution in [2.45, 2.75) is 30.8 Å². The molecule has 7 rings (SSSR count). The first-order chi connectivity index (χ1) is 21.9. The summed E-state index contributed by atoms with van der Waals surface area (Å²) >= 11 is 1.58. The minimum Gasteiger partial charge on any atom is -0.357 e. The number of likely N-dealkylation sites (tertiary alicyclic amines) is 1. The number of hydrogen-bond donors (Lipinski definition) is 1. The number of nitrogens with one attached hydrogen (secondary N) is 1. The lowest BCUT2D eigenvalue weighted by atomic mass is 9.85. The number of ketones is 1. The van der Waals surface area contributed by atoms with Gasteiger partial charge in [-0.2, -0.15) is 5.26 Å². The average molecular weight is 615 g/mol. The molecule has 5 heterocycles. The number of benzene rings is 1. The third kappa shape index (κ3) is 5.63. The van der Waals surface area contributed by atoms with Crippen molar-refractivity contribution >= 4 is 28.9 Å². The molecule has 3 aliphatic rings. The number of hydrogen-bond acceptors (Lipinski definition) is 8. The monoisotopic (exact) mass is 614 g/mol. The number of nitriles is 1. The molecule has 2 amide bonds. The maximum absolute atomic E-state index is 14.8. The van der Waals surface area contributed by atoms with Crippen molar-refractivity contribution in [2.24, 2.45) is 11.8 Å². The number of piperidine rings is 1. The van der Waals surface area contributed by atoms with Gasteiger partial charge in [0.2, 0.25) is 5.91 Å². The molecule has 3 atom stereocenters. The molecule has 0 spiro atoms. The number of pyridine rings is 2. The van der Waals surface area contributed by atoms with Gasteiger partial charge < -0.3 is 10.2 Å². The average Bonchev–Trinajstić information content (AvgIpc) is 3.44. The highest BCUT2D eigenvalue weighted by Crippen LogP contribution is 2.52. The van der Waals surface area contributed by atoms with Crippen LogP contribution in [0.4, 0.5) is 0 Å². The first-order valence-corrected chi connectivity index (χ1v) is 15.8. The number of fused-ring (bicyclic) bond motifs is 1. The lowest BCUT2D eigenvalue weighted by Gasteiger charge is -2.28. The summed E-state index contributed by atoms with van der Waals surface area (Å²) in [5, 5.41) is 14.7. The summed E-state index contributed by atoms with van der Waals surface area (Å²) in [4.78, 5) is 54.4. The number of aromatic nitrogens is 2. The van der Waals surface area contributed by atoms with Gasteiger partial charge in [-0.3, -0.25) is 29.3 Å². The Labute approximate surface area is 264 Å². The Hall–Kier alpha value is -5.14. The van der Waals surface area contributed by atoms with Crippen molar-refractivity contribution in [2.75, 3.05) is 13.1 Å². The zero-order valence-electron chi connectivity index (χ0n) is 24.4. The molecule has 1 aromatic carbocycles. The van der Waals surface area contributed by atoms with Gasteiger partial charge in [0, 0.05) is 85.1 Å². The van der Waals surface area contributed by atoms with Crippen molar-refractivity contribution in [3.8, 4) is 6.07 Å². The highest BCUT2D eigenvalue weighted by molar-refractivity contribution is 7.10. The van der Waals surface area contributed by atoms with Crippen molar-refractivity contribution in [1.82, 2.24) is 25.1 Å². The molecule has 4 aromatic rings. The van der Waals surface area contributed by atoms with E-state index in [-0.39, 0.29) is 35.5 Å². The molecule has 224 valence electrons. The van der Waals surface area contributed by atoms with Crippen LogP contribution in [0.15, 0.2) is 103 Å². The largest absolute Gasteiger partial charge is 0.357 e. The van der Waals surface area contributed by atoms with Crippen molar-refractivity contribution in [3.05, 3.63) is 130 Å². The molecule has 1 aliphatic carbocycles. The second-order valence-corrected chi connectivity index (χ2v) is 12.9. The number of allylic oxidation sites excluding steroid dienone is 1. The number of amides is 2. The minimum atomic E-state index is -1.05. The molecule has 0 radical (unpaired) electrons. The Kier molecular flexibility index (Phi) is 7.47. The zero-order chi connectivity index (χ0) is 31.0. The fraction of sp³-hybridized carbons (Fsp3) is 0.257. The molecule has 1 saturated carbocycles. The van der Waals surface area contributed by atoms with E-state index < -0.39 is 5.54 Å². The summed E-state index contributed by atoms with van der Waals surface area (Å²) in [7, 11) is 0. The topological polar surface area (TPSA) is 119 Å². The van der Waals surface area contributed by atoms with E-state index in [1.54, 1.807) is 65.3 Å². The van der Waals surface area contributed by atoms with E-state index >= 15 is 0 Å². The Morgan fingerprint density at radius 3 is 2.13 bits per heavy atom. The van der Waals surface area contributed by atoms with E-state index in [0.29, 0.717) is 49.3 Å². The molecule has 0 bridgehead atoms.